The summed E-state index contributed by atoms with van der Waals surface area (Å²) in [5.41, 5.74) is -0.548. The molecule has 0 amide bonds. The molecule has 4 aliphatic rings. The molecule has 4 aliphatic heterocycles. The van der Waals surface area contributed by atoms with Gasteiger partial charge < -0.3 is 58.0 Å². The van der Waals surface area contributed by atoms with E-state index in [1.165, 1.54) is 0 Å². The second-order valence-electron chi connectivity index (χ2n) is 9.07. The average molecular weight is 483 g/mol. The zero-order valence-electron chi connectivity index (χ0n) is 19.8. The van der Waals surface area contributed by atoms with Crippen LogP contribution in [-0.2, 0) is 47.4 Å². The van der Waals surface area contributed by atoms with Gasteiger partial charge in [0.1, 0.15) is 13.2 Å². The Bertz CT molecular complexity index is 560. The lowest BCUT2D eigenvalue weighted by Crippen LogP contribution is -2.52. The van der Waals surface area contributed by atoms with E-state index in [0.717, 1.165) is 0 Å². The highest BCUT2D eigenvalue weighted by Gasteiger charge is 2.43. The van der Waals surface area contributed by atoms with Crippen molar-refractivity contribution in [3.8, 4) is 0 Å². The van der Waals surface area contributed by atoms with E-state index >= 15 is 0 Å². The van der Waals surface area contributed by atoms with Gasteiger partial charge in [0.05, 0.1) is 62.7 Å². The Morgan fingerprint density at radius 3 is 1.39 bits per heavy atom. The highest BCUT2D eigenvalue weighted by Crippen LogP contribution is 2.31. The van der Waals surface area contributed by atoms with Gasteiger partial charge in [-0.25, -0.2) is 0 Å². The Labute approximate surface area is 194 Å². The molecule has 0 unspecified atom stereocenters. The third kappa shape index (κ3) is 8.58. The maximum Gasteiger partial charge on any atom is 0.271 e. The highest BCUT2D eigenvalue weighted by atomic mass is 16.9. The van der Waals surface area contributed by atoms with Crippen LogP contribution in [0.1, 0.15) is 27.7 Å². The van der Waals surface area contributed by atoms with E-state index in [0.29, 0.717) is 58.8 Å². The molecule has 194 valence electrons. The Kier molecular flexibility index (Phi) is 10.7. The Balaban J connectivity index is 0.000000227. The van der Waals surface area contributed by atoms with E-state index in [2.05, 4.69) is 6.58 Å². The van der Waals surface area contributed by atoms with Crippen LogP contribution in [0.25, 0.3) is 0 Å². The predicted molar refractivity (Wildman–Crippen MR) is 111 cm³/mol. The van der Waals surface area contributed by atoms with Crippen molar-refractivity contribution >= 4 is 0 Å². The first-order chi connectivity index (χ1) is 15.2. The van der Waals surface area contributed by atoms with E-state index in [9.17, 15) is 0 Å². The number of aliphatic hydroxyl groups is 1. The molecule has 33 heavy (non-hydrogen) atoms. The monoisotopic (exact) mass is 482 g/mol. The second-order valence-corrected chi connectivity index (χ2v) is 9.07. The van der Waals surface area contributed by atoms with Gasteiger partial charge in [0.2, 0.25) is 0 Å². The summed E-state index contributed by atoms with van der Waals surface area (Å²) in [5, 5.41) is 9.04. The van der Waals surface area contributed by atoms with Gasteiger partial charge >= 0.3 is 0 Å². The topological polar surface area (TPSA) is 144 Å². The molecule has 12 heteroatoms. The van der Waals surface area contributed by atoms with Gasteiger partial charge in [-0.05, 0) is 34.3 Å². The van der Waals surface area contributed by atoms with Crippen molar-refractivity contribution in [3.05, 3.63) is 12.5 Å². The second kappa shape index (κ2) is 12.6. The third-order valence-electron chi connectivity index (χ3n) is 5.01. The summed E-state index contributed by atoms with van der Waals surface area (Å²) in [6, 6.07) is 0. The Morgan fingerprint density at radius 1 is 0.697 bits per heavy atom. The molecule has 3 N–H and O–H groups in total. The van der Waals surface area contributed by atoms with Crippen molar-refractivity contribution in [1.82, 2.24) is 0 Å². The fourth-order valence-corrected chi connectivity index (χ4v) is 3.23. The lowest BCUT2D eigenvalue weighted by atomic mass is 9.91. The summed E-state index contributed by atoms with van der Waals surface area (Å²) in [7, 11) is 0. The Hall–Kier alpha value is -1.06. The first-order valence-corrected chi connectivity index (χ1v) is 10.8. The lowest BCUT2D eigenvalue weighted by molar-refractivity contribution is -0.388. The average Bonchev–Trinajstić information content (AvgIpc) is 2.76. The summed E-state index contributed by atoms with van der Waals surface area (Å²) in [6.07, 6.45) is 0.136. The van der Waals surface area contributed by atoms with Gasteiger partial charge in [0, 0.05) is 0 Å². The predicted octanol–water partition coefficient (Wildman–Crippen LogP) is 0.472. The quantitative estimate of drug-likeness (QED) is 0.597. The van der Waals surface area contributed by atoms with Gasteiger partial charge in [-0.2, -0.15) is 0 Å². The minimum absolute atomic E-state index is 0. The lowest BCUT2D eigenvalue weighted by Gasteiger charge is -2.42. The molecule has 4 fully saturated rings. The van der Waals surface area contributed by atoms with Crippen molar-refractivity contribution < 1.29 is 58.0 Å². The summed E-state index contributed by atoms with van der Waals surface area (Å²) >= 11 is 0. The number of ether oxygens (including phenoxy) is 10. The van der Waals surface area contributed by atoms with E-state index in [1.807, 2.05) is 27.7 Å². The van der Waals surface area contributed by atoms with Crippen LogP contribution in [0.3, 0.4) is 0 Å². The van der Waals surface area contributed by atoms with Crippen molar-refractivity contribution in [2.24, 2.45) is 10.8 Å². The van der Waals surface area contributed by atoms with Crippen molar-refractivity contribution in [2.45, 2.75) is 59.3 Å². The summed E-state index contributed by atoms with van der Waals surface area (Å²) in [6.45, 7) is 12.7. The molecule has 0 aliphatic carbocycles. The van der Waals surface area contributed by atoms with Crippen LogP contribution < -0.4 is 0 Å². The highest BCUT2D eigenvalue weighted by molar-refractivity contribution is 4.88. The standard InChI is InChI=1S/C11H18O5.C10H18O6.H2O/c1-8(2)16-10-14-6-11(7-15-10)4-12-9(3)13-5-11;1-7(2)16-9-14-5-10(6-15-9)3-12-8(11)13-4-10;/h8,10H,3-7H2,1-2H3;7-9,11H,3-6H2,1-2H3;1H2. The van der Waals surface area contributed by atoms with Crippen LogP contribution in [0.15, 0.2) is 12.5 Å². The molecular weight excluding hydrogens is 444 g/mol. The molecule has 0 atom stereocenters. The molecule has 12 nitrogen and oxygen atoms in total. The fraction of sp³-hybridized carbons (Fsp3) is 0.905. The number of rotatable bonds is 4. The Morgan fingerprint density at radius 2 is 1.03 bits per heavy atom. The molecule has 0 bridgehead atoms. The van der Waals surface area contributed by atoms with Gasteiger partial charge in [-0.15, -0.1) is 0 Å². The van der Waals surface area contributed by atoms with Crippen LogP contribution in [0, 0.1) is 10.8 Å². The molecule has 0 radical (unpaired) electrons. The zero-order valence-corrected chi connectivity index (χ0v) is 19.8. The number of hydrogen-bond acceptors (Lipinski definition) is 11. The zero-order chi connectivity index (χ0) is 23.2. The summed E-state index contributed by atoms with van der Waals surface area (Å²) in [5.74, 6) is 0.367. The molecule has 0 saturated carbocycles. The van der Waals surface area contributed by atoms with Crippen molar-refractivity contribution in [2.75, 3.05) is 52.9 Å². The molecular formula is C21H38O12. The normalized spacial score (nSPS) is 32.0. The number of aliphatic hydroxyl groups excluding tert-OH is 1. The van der Waals surface area contributed by atoms with Crippen LogP contribution >= 0.6 is 0 Å². The van der Waals surface area contributed by atoms with E-state index in [1.54, 1.807) is 0 Å². The van der Waals surface area contributed by atoms with E-state index in [-0.39, 0.29) is 28.5 Å². The van der Waals surface area contributed by atoms with Crippen LogP contribution in [0.5, 0.6) is 0 Å². The van der Waals surface area contributed by atoms with Crippen LogP contribution in [-0.4, -0.2) is 95.1 Å². The van der Waals surface area contributed by atoms with Crippen LogP contribution in [0.2, 0.25) is 0 Å². The summed E-state index contributed by atoms with van der Waals surface area (Å²) in [4.78, 5) is 0. The molecule has 2 spiro atoms. The van der Waals surface area contributed by atoms with E-state index in [4.69, 9.17) is 52.5 Å². The minimum Gasteiger partial charge on any atom is -0.465 e. The SMILES string of the molecule is C=C1OCC2(CO1)COC(OC(C)C)OC2.CC(C)OC1OCC2(COC(O)OC2)CO1.O. The molecule has 0 aromatic carbocycles. The third-order valence-corrected chi connectivity index (χ3v) is 5.01. The minimum atomic E-state index is -1.13. The fourth-order valence-electron chi connectivity index (χ4n) is 3.23. The van der Waals surface area contributed by atoms with Gasteiger partial charge in [0.25, 0.3) is 25.4 Å². The molecule has 0 aromatic rings. The summed E-state index contributed by atoms with van der Waals surface area (Å²) < 4.78 is 53.2. The van der Waals surface area contributed by atoms with Crippen molar-refractivity contribution in [3.63, 3.8) is 0 Å². The maximum atomic E-state index is 9.04. The first kappa shape index (κ1) is 28.2. The van der Waals surface area contributed by atoms with Gasteiger partial charge in [-0.1, -0.05) is 0 Å². The number of hydrogen-bond donors (Lipinski definition) is 1. The van der Waals surface area contributed by atoms with Gasteiger partial charge in [0.15, 0.2) is 0 Å². The van der Waals surface area contributed by atoms with E-state index < -0.39 is 19.4 Å². The largest absolute Gasteiger partial charge is 0.465 e. The van der Waals surface area contributed by atoms with Crippen molar-refractivity contribution in [1.29, 1.82) is 0 Å². The maximum absolute atomic E-state index is 9.04. The van der Waals surface area contributed by atoms with Gasteiger partial charge in [-0.3, -0.25) is 0 Å². The molecule has 4 saturated heterocycles. The molecule has 4 heterocycles. The van der Waals surface area contributed by atoms with Crippen LogP contribution in [0.4, 0.5) is 0 Å². The molecule has 4 rings (SSSR count). The first-order valence-electron chi connectivity index (χ1n) is 10.8. The smallest absolute Gasteiger partial charge is 0.271 e. The molecule has 0 aromatic heterocycles.